The first-order valence-corrected chi connectivity index (χ1v) is 7.96. The molecule has 0 spiro atoms. The highest BCUT2D eigenvalue weighted by Gasteiger charge is 2.17. The lowest BCUT2D eigenvalue weighted by molar-refractivity contribution is 0.0693. The number of benzene rings is 2. The average Bonchev–Trinajstić information content (AvgIpc) is 2.62. The molecule has 5 nitrogen and oxygen atoms in total. The molecule has 0 atom stereocenters. The maximum atomic E-state index is 13.5. The van der Waals surface area contributed by atoms with Gasteiger partial charge in [-0.15, -0.1) is 0 Å². The number of carboxylic acids is 1. The number of nitrogens with zero attached hydrogens (tertiary/aromatic N) is 1. The zero-order chi connectivity index (χ0) is 19.6. The van der Waals surface area contributed by atoms with Crippen LogP contribution in [0.4, 0.5) is 8.78 Å². The minimum absolute atomic E-state index is 0.0904. The first-order valence-electron chi connectivity index (χ1n) is 7.58. The van der Waals surface area contributed by atoms with E-state index in [4.69, 9.17) is 21.1 Å². The van der Waals surface area contributed by atoms with Gasteiger partial charge < -0.3 is 14.6 Å². The van der Waals surface area contributed by atoms with Crippen molar-refractivity contribution < 1.29 is 28.2 Å². The van der Waals surface area contributed by atoms with E-state index in [1.165, 1.54) is 25.3 Å². The Bertz CT molecular complexity index is 1010. The van der Waals surface area contributed by atoms with Crippen LogP contribution in [0, 0.1) is 11.6 Å². The highest BCUT2D eigenvalue weighted by Crippen LogP contribution is 2.35. The summed E-state index contributed by atoms with van der Waals surface area (Å²) in [6.45, 7) is 0. The lowest BCUT2D eigenvalue weighted by Gasteiger charge is -2.12. The lowest BCUT2D eigenvalue weighted by atomic mass is 10.1. The zero-order valence-electron chi connectivity index (χ0n) is 13.9. The van der Waals surface area contributed by atoms with Crippen LogP contribution in [0.2, 0.25) is 5.02 Å². The van der Waals surface area contributed by atoms with Crippen molar-refractivity contribution >= 4 is 17.6 Å². The molecule has 27 heavy (non-hydrogen) atoms. The third kappa shape index (κ3) is 4.15. The third-order valence-corrected chi connectivity index (χ3v) is 3.93. The molecule has 8 heteroatoms. The van der Waals surface area contributed by atoms with Gasteiger partial charge in [0.15, 0.2) is 0 Å². The van der Waals surface area contributed by atoms with Crippen molar-refractivity contribution in [2.45, 2.75) is 0 Å². The van der Waals surface area contributed by atoms with E-state index in [1.54, 1.807) is 6.07 Å². The molecule has 0 amide bonds. The smallest absolute Gasteiger partial charge is 0.341 e. The molecule has 1 N–H and O–H groups in total. The van der Waals surface area contributed by atoms with Crippen molar-refractivity contribution in [2.24, 2.45) is 0 Å². The molecule has 0 aliphatic heterocycles. The molecule has 0 unspecified atom stereocenters. The number of ether oxygens (including phenoxy) is 2. The Hall–Kier alpha value is -3.19. The van der Waals surface area contributed by atoms with Crippen LogP contribution < -0.4 is 9.47 Å². The Morgan fingerprint density at radius 3 is 2.41 bits per heavy atom. The van der Waals surface area contributed by atoms with Crippen molar-refractivity contribution in [2.75, 3.05) is 7.11 Å². The summed E-state index contributed by atoms with van der Waals surface area (Å²) in [6, 6.07) is 8.77. The Morgan fingerprint density at radius 1 is 1.07 bits per heavy atom. The Balaban J connectivity index is 2.09. The fourth-order valence-corrected chi connectivity index (χ4v) is 2.51. The molecule has 0 radical (unpaired) electrons. The number of pyridine rings is 1. The van der Waals surface area contributed by atoms with Crippen LogP contribution in [-0.4, -0.2) is 23.2 Å². The van der Waals surface area contributed by atoms with Crippen molar-refractivity contribution in [3.05, 3.63) is 70.9 Å². The van der Waals surface area contributed by atoms with Gasteiger partial charge in [-0.25, -0.2) is 13.6 Å². The molecular formula is C19H12ClF2NO4. The van der Waals surface area contributed by atoms with Crippen molar-refractivity contribution in [1.82, 2.24) is 4.98 Å². The molecule has 0 fully saturated rings. The molecule has 1 aromatic heterocycles. The summed E-state index contributed by atoms with van der Waals surface area (Å²) in [5.41, 5.74) is 0.0213. The monoisotopic (exact) mass is 391 g/mol. The van der Waals surface area contributed by atoms with E-state index in [-0.39, 0.29) is 33.3 Å². The molecule has 3 rings (SSSR count). The van der Waals surface area contributed by atoms with Gasteiger partial charge in [-0.1, -0.05) is 11.6 Å². The van der Waals surface area contributed by atoms with Crippen LogP contribution in [0.3, 0.4) is 0 Å². The van der Waals surface area contributed by atoms with E-state index >= 15 is 0 Å². The molecule has 138 valence electrons. The largest absolute Gasteiger partial charge is 0.497 e. The maximum absolute atomic E-state index is 13.5. The molecule has 1 heterocycles. The van der Waals surface area contributed by atoms with E-state index in [0.29, 0.717) is 5.75 Å². The van der Waals surface area contributed by atoms with E-state index in [0.717, 1.165) is 24.4 Å². The molecule has 0 saturated carbocycles. The molecule has 0 bridgehead atoms. The zero-order valence-corrected chi connectivity index (χ0v) is 14.6. The van der Waals surface area contributed by atoms with Crippen LogP contribution >= 0.6 is 11.6 Å². The maximum Gasteiger partial charge on any atom is 0.341 e. The topological polar surface area (TPSA) is 68.7 Å². The standard InChI is InChI=1S/C19H12ClF2NO4/c1-26-13-2-3-15(20)18(7-13)27-17-8-16(23-9-14(17)19(24)25)10-4-11(21)6-12(22)5-10/h2-9H,1H3,(H,24,25). The number of aromatic carboxylic acids is 1. The summed E-state index contributed by atoms with van der Waals surface area (Å²) < 4.78 is 37.7. The fourth-order valence-electron chi connectivity index (χ4n) is 2.35. The number of halogens is 3. The fraction of sp³-hybridized carbons (Fsp3) is 0.0526. The van der Waals surface area contributed by atoms with Crippen LogP contribution in [0.1, 0.15) is 10.4 Å². The summed E-state index contributed by atoms with van der Waals surface area (Å²) in [6.07, 6.45) is 1.05. The second-order valence-corrected chi connectivity index (χ2v) is 5.83. The van der Waals surface area contributed by atoms with Crippen molar-refractivity contribution in [3.8, 4) is 28.5 Å². The SMILES string of the molecule is COc1ccc(Cl)c(Oc2cc(-c3cc(F)cc(F)c3)ncc2C(=O)O)c1. The number of hydrogen-bond acceptors (Lipinski definition) is 4. The van der Waals surface area contributed by atoms with Gasteiger partial charge in [0.05, 0.1) is 17.8 Å². The third-order valence-electron chi connectivity index (χ3n) is 3.61. The van der Waals surface area contributed by atoms with E-state index in [9.17, 15) is 18.7 Å². The quantitative estimate of drug-likeness (QED) is 0.649. The van der Waals surface area contributed by atoms with Gasteiger partial charge in [0.1, 0.15) is 34.4 Å². The van der Waals surface area contributed by atoms with Gasteiger partial charge in [-0.3, -0.25) is 4.98 Å². The molecule has 0 saturated heterocycles. The summed E-state index contributed by atoms with van der Waals surface area (Å²) >= 11 is 6.09. The van der Waals surface area contributed by atoms with Crippen molar-refractivity contribution in [3.63, 3.8) is 0 Å². The molecule has 0 aliphatic carbocycles. The van der Waals surface area contributed by atoms with Gasteiger partial charge in [0.2, 0.25) is 0 Å². The Morgan fingerprint density at radius 2 is 1.78 bits per heavy atom. The van der Waals surface area contributed by atoms with Crippen LogP contribution in [0.15, 0.2) is 48.7 Å². The summed E-state index contributed by atoms with van der Waals surface area (Å²) in [5.74, 6) is -2.34. The molecule has 0 aliphatic rings. The predicted molar refractivity (Wildman–Crippen MR) is 94.6 cm³/mol. The second-order valence-electron chi connectivity index (χ2n) is 5.43. The molecule has 3 aromatic rings. The number of methoxy groups -OCH3 is 1. The van der Waals surface area contributed by atoms with Crippen molar-refractivity contribution in [1.29, 1.82) is 0 Å². The van der Waals surface area contributed by atoms with E-state index in [1.807, 2.05) is 0 Å². The summed E-state index contributed by atoms with van der Waals surface area (Å²) in [7, 11) is 1.46. The van der Waals surface area contributed by atoms with Gasteiger partial charge in [0, 0.05) is 30.0 Å². The van der Waals surface area contributed by atoms with Gasteiger partial charge >= 0.3 is 5.97 Å². The highest BCUT2D eigenvalue weighted by atomic mass is 35.5. The number of aromatic nitrogens is 1. The van der Waals surface area contributed by atoms with E-state index in [2.05, 4.69) is 4.98 Å². The van der Waals surface area contributed by atoms with Gasteiger partial charge in [0.25, 0.3) is 0 Å². The minimum Gasteiger partial charge on any atom is -0.497 e. The van der Waals surface area contributed by atoms with Gasteiger partial charge in [-0.05, 0) is 24.3 Å². The predicted octanol–water partition coefficient (Wildman–Crippen LogP) is 5.18. The molecular weight excluding hydrogens is 380 g/mol. The van der Waals surface area contributed by atoms with Crippen LogP contribution in [0.5, 0.6) is 17.2 Å². The van der Waals surface area contributed by atoms with Gasteiger partial charge in [-0.2, -0.15) is 0 Å². The number of carbonyl (C=O) groups is 1. The summed E-state index contributed by atoms with van der Waals surface area (Å²) in [4.78, 5) is 15.4. The number of rotatable bonds is 5. The van der Waals surface area contributed by atoms with E-state index < -0.39 is 17.6 Å². The number of hydrogen-bond donors (Lipinski definition) is 1. The Kier molecular flexibility index (Phi) is 5.23. The average molecular weight is 392 g/mol. The highest BCUT2D eigenvalue weighted by molar-refractivity contribution is 6.32. The number of carboxylic acid groups (broad SMARTS) is 1. The normalized spacial score (nSPS) is 10.5. The molecule has 2 aromatic carbocycles. The van der Waals surface area contributed by atoms with Crippen LogP contribution in [-0.2, 0) is 0 Å². The summed E-state index contributed by atoms with van der Waals surface area (Å²) in [5, 5.41) is 9.59. The van der Waals surface area contributed by atoms with Crippen LogP contribution in [0.25, 0.3) is 11.3 Å². The second kappa shape index (κ2) is 7.59. The minimum atomic E-state index is -1.28. The lowest BCUT2D eigenvalue weighted by Crippen LogP contribution is -2.02. The Labute approximate surface area is 157 Å². The first-order chi connectivity index (χ1) is 12.9. The first kappa shape index (κ1) is 18.6.